The molecule has 0 spiro atoms. The Hall–Kier alpha value is -2.29. The van der Waals surface area contributed by atoms with Gasteiger partial charge in [-0.3, -0.25) is 9.79 Å². The Morgan fingerprint density at radius 1 is 1.03 bits per heavy atom. The van der Waals surface area contributed by atoms with E-state index < -0.39 is 0 Å². The summed E-state index contributed by atoms with van der Waals surface area (Å²) >= 11 is 0. The first-order valence-electron chi connectivity index (χ1n) is 10.3. The van der Waals surface area contributed by atoms with E-state index >= 15 is 0 Å². The van der Waals surface area contributed by atoms with E-state index in [4.69, 9.17) is 4.74 Å². The molecule has 2 aromatic rings. The Morgan fingerprint density at radius 3 is 2.37 bits per heavy atom. The highest BCUT2D eigenvalue weighted by Crippen LogP contribution is 2.22. The summed E-state index contributed by atoms with van der Waals surface area (Å²) in [6.07, 6.45) is 1.26. The summed E-state index contributed by atoms with van der Waals surface area (Å²) < 4.78 is 5.68. The van der Waals surface area contributed by atoms with Crippen LogP contribution >= 0.6 is 24.0 Å². The maximum atomic E-state index is 12.5. The van der Waals surface area contributed by atoms with Crippen molar-refractivity contribution in [2.75, 3.05) is 26.2 Å². The fourth-order valence-corrected chi connectivity index (χ4v) is 3.29. The molecule has 0 saturated heterocycles. The highest BCUT2D eigenvalue weighted by Gasteiger charge is 2.22. The molecule has 3 rings (SSSR count). The molecule has 1 amide bonds. The van der Waals surface area contributed by atoms with Crippen LogP contribution in [0.15, 0.2) is 59.6 Å². The molecule has 2 N–H and O–H groups in total. The molecule has 162 valence electrons. The number of ether oxygens (including phenoxy) is 1. The van der Waals surface area contributed by atoms with Gasteiger partial charge in [0.15, 0.2) is 5.96 Å². The van der Waals surface area contributed by atoms with Crippen LogP contribution in [-0.2, 0) is 17.9 Å². The number of hydrogen-bond acceptors (Lipinski definition) is 3. The zero-order chi connectivity index (χ0) is 20.3. The van der Waals surface area contributed by atoms with E-state index in [-0.39, 0.29) is 29.9 Å². The summed E-state index contributed by atoms with van der Waals surface area (Å²) in [6, 6.07) is 18.0. The first kappa shape index (κ1) is 24.0. The number of benzene rings is 2. The molecule has 7 heteroatoms. The van der Waals surface area contributed by atoms with E-state index in [1.54, 1.807) is 0 Å². The SMILES string of the molecule is CCNC(=NCCCC(=O)N1Cc2ccccc2C1)NCCOc1ccccc1.I. The molecule has 2 aromatic carbocycles. The molecule has 0 saturated carbocycles. The number of halogens is 1. The van der Waals surface area contributed by atoms with Crippen LogP contribution in [0.25, 0.3) is 0 Å². The Labute approximate surface area is 196 Å². The van der Waals surface area contributed by atoms with Crippen molar-refractivity contribution in [1.29, 1.82) is 0 Å². The third kappa shape index (κ3) is 7.51. The van der Waals surface area contributed by atoms with Gasteiger partial charge in [-0.2, -0.15) is 0 Å². The van der Waals surface area contributed by atoms with Crippen LogP contribution in [0.3, 0.4) is 0 Å². The maximum Gasteiger partial charge on any atom is 0.223 e. The summed E-state index contributed by atoms with van der Waals surface area (Å²) in [5, 5.41) is 6.49. The van der Waals surface area contributed by atoms with Crippen LogP contribution in [-0.4, -0.2) is 43.0 Å². The fourth-order valence-electron chi connectivity index (χ4n) is 3.29. The first-order valence-corrected chi connectivity index (χ1v) is 10.3. The van der Waals surface area contributed by atoms with Gasteiger partial charge in [0.25, 0.3) is 0 Å². The molecule has 1 aliphatic rings. The summed E-state index contributed by atoms with van der Waals surface area (Å²) in [6.45, 7) is 6.10. The monoisotopic (exact) mass is 522 g/mol. The predicted molar refractivity (Wildman–Crippen MR) is 131 cm³/mol. The van der Waals surface area contributed by atoms with Crippen molar-refractivity contribution in [3.8, 4) is 5.75 Å². The number of carbonyl (C=O) groups is 1. The number of guanidine groups is 1. The van der Waals surface area contributed by atoms with Crippen molar-refractivity contribution < 1.29 is 9.53 Å². The second-order valence-corrected chi connectivity index (χ2v) is 6.97. The molecule has 1 heterocycles. The number of nitrogens with one attached hydrogen (secondary N) is 2. The molecule has 0 aromatic heterocycles. The predicted octanol–water partition coefficient (Wildman–Crippen LogP) is 3.56. The van der Waals surface area contributed by atoms with Gasteiger partial charge in [0.05, 0.1) is 6.54 Å². The Balaban J connectivity index is 0.00000320. The van der Waals surface area contributed by atoms with E-state index in [9.17, 15) is 4.79 Å². The average molecular weight is 522 g/mol. The van der Waals surface area contributed by atoms with Crippen molar-refractivity contribution >= 4 is 35.8 Å². The number of rotatable bonds is 9. The van der Waals surface area contributed by atoms with Crippen molar-refractivity contribution in [1.82, 2.24) is 15.5 Å². The van der Waals surface area contributed by atoms with E-state index in [1.807, 2.05) is 54.3 Å². The lowest BCUT2D eigenvalue weighted by molar-refractivity contribution is -0.131. The minimum absolute atomic E-state index is 0. The zero-order valence-electron chi connectivity index (χ0n) is 17.5. The molecule has 30 heavy (non-hydrogen) atoms. The summed E-state index contributed by atoms with van der Waals surface area (Å²) in [4.78, 5) is 19.0. The van der Waals surface area contributed by atoms with Crippen molar-refractivity contribution in [3.63, 3.8) is 0 Å². The topological polar surface area (TPSA) is 66.0 Å². The minimum Gasteiger partial charge on any atom is -0.492 e. The molecule has 0 fully saturated rings. The summed E-state index contributed by atoms with van der Waals surface area (Å²) in [5.41, 5.74) is 2.52. The standard InChI is InChI=1S/C23H30N4O2.HI/c1-2-24-23(26-15-16-29-21-11-4-3-5-12-21)25-14-8-13-22(28)27-17-19-9-6-7-10-20(19)18-27;/h3-7,9-12H,2,8,13-18H2,1H3,(H2,24,25,26);1H. The van der Waals surface area contributed by atoms with Crippen LogP contribution in [0.1, 0.15) is 30.9 Å². The number of hydrogen-bond donors (Lipinski definition) is 2. The number of nitrogens with zero attached hydrogens (tertiary/aromatic N) is 2. The fraction of sp³-hybridized carbons (Fsp3) is 0.391. The average Bonchev–Trinajstić information content (AvgIpc) is 3.19. The van der Waals surface area contributed by atoms with Gasteiger partial charge in [0, 0.05) is 32.6 Å². The molecule has 6 nitrogen and oxygen atoms in total. The lowest BCUT2D eigenvalue weighted by Gasteiger charge is -2.15. The van der Waals surface area contributed by atoms with Gasteiger partial charge in [-0.05, 0) is 36.6 Å². The second-order valence-electron chi connectivity index (χ2n) is 6.97. The van der Waals surface area contributed by atoms with Crippen LogP contribution in [0, 0.1) is 0 Å². The molecule has 0 atom stereocenters. The summed E-state index contributed by atoms with van der Waals surface area (Å²) in [5.74, 6) is 1.81. The Morgan fingerprint density at radius 2 is 1.70 bits per heavy atom. The van der Waals surface area contributed by atoms with Crippen LogP contribution < -0.4 is 15.4 Å². The molecule has 0 bridgehead atoms. The van der Waals surface area contributed by atoms with Crippen molar-refractivity contribution in [3.05, 3.63) is 65.7 Å². The quantitative estimate of drug-likeness (QED) is 0.229. The Kier molecular flexibility index (Phi) is 10.5. The molecular weight excluding hydrogens is 491 g/mol. The summed E-state index contributed by atoms with van der Waals surface area (Å²) in [7, 11) is 0. The van der Waals surface area contributed by atoms with Gasteiger partial charge in [-0.15, -0.1) is 24.0 Å². The number of amides is 1. The molecule has 1 aliphatic heterocycles. The van der Waals surface area contributed by atoms with Gasteiger partial charge < -0.3 is 20.3 Å². The third-order valence-corrected chi connectivity index (χ3v) is 4.76. The van der Waals surface area contributed by atoms with E-state index in [1.165, 1.54) is 11.1 Å². The first-order chi connectivity index (χ1) is 14.3. The number of carbonyl (C=O) groups excluding carboxylic acids is 1. The lowest BCUT2D eigenvalue weighted by Crippen LogP contribution is -2.39. The molecule has 0 unspecified atom stereocenters. The van der Waals surface area contributed by atoms with Crippen LogP contribution in [0.4, 0.5) is 0 Å². The highest BCUT2D eigenvalue weighted by molar-refractivity contribution is 14.0. The molecular formula is C23H31IN4O2. The molecule has 0 radical (unpaired) electrons. The largest absolute Gasteiger partial charge is 0.492 e. The van der Waals surface area contributed by atoms with Crippen molar-refractivity contribution in [2.45, 2.75) is 32.9 Å². The zero-order valence-corrected chi connectivity index (χ0v) is 19.8. The molecule has 0 aliphatic carbocycles. The number of fused-ring (bicyclic) bond motifs is 1. The lowest BCUT2D eigenvalue weighted by atomic mass is 10.1. The van der Waals surface area contributed by atoms with E-state index in [2.05, 4.69) is 27.8 Å². The normalized spacial score (nSPS) is 12.7. The number of aliphatic imine (C=N–C) groups is 1. The van der Waals surface area contributed by atoms with E-state index in [0.29, 0.717) is 26.1 Å². The van der Waals surface area contributed by atoms with Crippen molar-refractivity contribution in [2.24, 2.45) is 4.99 Å². The maximum absolute atomic E-state index is 12.5. The number of para-hydroxylation sites is 1. The van der Waals surface area contributed by atoms with Gasteiger partial charge >= 0.3 is 0 Å². The Bertz CT molecular complexity index is 789. The smallest absolute Gasteiger partial charge is 0.223 e. The highest BCUT2D eigenvalue weighted by atomic mass is 127. The van der Waals surface area contributed by atoms with Gasteiger partial charge in [0.2, 0.25) is 5.91 Å². The van der Waals surface area contributed by atoms with Gasteiger partial charge in [-0.25, -0.2) is 0 Å². The van der Waals surface area contributed by atoms with Crippen LogP contribution in [0.2, 0.25) is 0 Å². The van der Waals surface area contributed by atoms with Crippen LogP contribution in [0.5, 0.6) is 5.75 Å². The van der Waals surface area contributed by atoms with Gasteiger partial charge in [0.1, 0.15) is 12.4 Å². The van der Waals surface area contributed by atoms with E-state index in [0.717, 1.165) is 37.8 Å². The van der Waals surface area contributed by atoms with Gasteiger partial charge in [-0.1, -0.05) is 42.5 Å². The minimum atomic E-state index is 0. The third-order valence-electron chi connectivity index (χ3n) is 4.76. The second kappa shape index (κ2) is 13.1.